The first-order valence-corrected chi connectivity index (χ1v) is 10.7. The van der Waals surface area contributed by atoms with Gasteiger partial charge in [-0.1, -0.05) is 48.0 Å². The molecule has 8 heteroatoms. The molecular weight excluding hydrogens is 396 g/mol. The number of carbonyl (C=O) groups is 1. The molecule has 3 rings (SSSR count). The Morgan fingerprint density at radius 1 is 1.11 bits per heavy atom. The standard InChI is InChI=1S/C20H22N2O4S2/c1-13(2)26-19(23)17-18(15-7-5-4-6-8-15)22(20(27)21-17)28(24,25)16-11-9-14(3)10-12-16/h4-13,17-18H,1-3H3,(H,21,27)/t17-,18+/m1/s1. The summed E-state index contributed by atoms with van der Waals surface area (Å²) in [4.78, 5) is 12.8. The summed E-state index contributed by atoms with van der Waals surface area (Å²) in [6.45, 7) is 5.36. The molecule has 1 aliphatic rings. The summed E-state index contributed by atoms with van der Waals surface area (Å²) in [5, 5.41) is 2.82. The topological polar surface area (TPSA) is 75.7 Å². The van der Waals surface area contributed by atoms with Crippen LogP contribution in [0.25, 0.3) is 0 Å². The van der Waals surface area contributed by atoms with Crippen LogP contribution in [0, 0.1) is 6.92 Å². The summed E-state index contributed by atoms with van der Waals surface area (Å²) in [6.07, 6.45) is -0.331. The lowest BCUT2D eigenvalue weighted by Gasteiger charge is -2.27. The fraction of sp³-hybridized carbons (Fsp3) is 0.300. The second-order valence-electron chi connectivity index (χ2n) is 6.88. The highest BCUT2D eigenvalue weighted by Crippen LogP contribution is 2.35. The predicted molar refractivity (Wildman–Crippen MR) is 110 cm³/mol. The van der Waals surface area contributed by atoms with Crippen molar-refractivity contribution in [2.24, 2.45) is 0 Å². The summed E-state index contributed by atoms with van der Waals surface area (Å²) in [5.74, 6) is -0.548. The number of carbonyl (C=O) groups excluding carboxylic acids is 1. The van der Waals surface area contributed by atoms with E-state index in [9.17, 15) is 13.2 Å². The van der Waals surface area contributed by atoms with Gasteiger partial charge in [-0.3, -0.25) is 0 Å². The lowest BCUT2D eigenvalue weighted by Crippen LogP contribution is -2.39. The number of hydrogen-bond acceptors (Lipinski definition) is 5. The van der Waals surface area contributed by atoms with Gasteiger partial charge < -0.3 is 10.1 Å². The third-order valence-corrected chi connectivity index (χ3v) is 6.60. The number of aryl methyl sites for hydroxylation is 1. The van der Waals surface area contributed by atoms with Crippen LogP contribution in [0.1, 0.15) is 31.0 Å². The largest absolute Gasteiger partial charge is 0.461 e. The van der Waals surface area contributed by atoms with Crippen LogP contribution in [0.15, 0.2) is 59.5 Å². The Kier molecular flexibility index (Phi) is 5.71. The first-order valence-electron chi connectivity index (χ1n) is 8.89. The van der Waals surface area contributed by atoms with E-state index in [0.29, 0.717) is 5.56 Å². The summed E-state index contributed by atoms with van der Waals surface area (Å²) >= 11 is 5.33. The zero-order valence-corrected chi connectivity index (χ0v) is 17.5. The third-order valence-electron chi connectivity index (χ3n) is 4.37. The Morgan fingerprint density at radius 2 is 1.71 bits per heavy atom. The molecule has 2 aromatic rings. The van der Waals surface area contributed by atoms with Gasteiger partial charge in [0.15, 0.2) is 11.2 Å². The van der Waals surface area contributed by atoms with Gasteiger partial charge in [0, 0.05) is 0 Å². The van der Waals surface area contributed by atoms with Crippen molar-refractivity contribution in [2.75, 3.05) is 0 Å². The summed E-state index contributed by atoms with van der Waals surface area (Å²) in [6, 6.07) is 13.7. The van der Waals surface area contributed by atoms with E-state index in [1.54, 1.807) is 50.2 Å². The molecular formula is C20H22N2O4S2. The number of ether oxygens (including phenoxy) is 1. The van der Waals surface area contributed by atoms with Gasteiger partial charge in [-0.15, -0.1) is 0 Å². The van der Waals surface area contributed by atoms with Crippen LogP contribution in [0.2, 0.25) is 0 Å². The number of esters is 1. The van der Waals surface area contributed by atoms with Crippen molar-refractivity contribution in [2.45, 2.75) is 43.9 Å². The van der Waals surface area contributed by atoms with Gasteiger partial charge in [-0.25, -0.2) is 17.5 Å². The van der Waals surface area contributed by atoms with Gasteiger partial charge in [0.2, 0.25) is 0 Å². The molecule has 1 saturated heterocycles. The van der Waals surface area contributed by atoms with E-state index < -0.39 is 28.1 Å². The molecule has 1 aliphatic heterocycles. The van der Waals surface area contributed by atoms with E-state index in [0.717, 1.165) is 9.87 Å². The minimum Gasteiger partial charge on any atom is -0.461 e. The van der Waals surface area contributed by atoms with Gasteiger partial charge in [-0.2, -0.15) is 0 Å². The van der Waals surface area contributed by atoms with Crippen LogP contribution >= 0.6 is 12.2 Å². The number of hydrogen-bond donors (Lipinski definition) is 1. The Hall–Kier alpha value is -2.45. The molecule has 0 radical (unpaired) electrons. The van der Waals surface area contributed by atoms with E-state index in [-0.39, 0.29) is 16.1 Å². The van der Waals surface area contributed by atoms with Crippen molar-refractivity contribution in [3.8, 4) is 0 Å². The zero-order valence-electron chi connectivity index (χ0n) is 15.8. The van der Waals surface area contributed by atoms with E-state index in [4.69, 9.17) is 17.0 Å². The number of thiocarbonyl (C=S) groups is 1. The van der Waals surface area contributed by atoms with Crippen molar-refractivity contribution in [1.82, 2.24) is 9.62 Å². The van der Waals surface area contributed by atoms with Crippen molar-refractivity contribution in [1.29, 1.82) is 0 Å². The fourth-order valence-electron chi connectivity index (χ4n) is 3.09. The molecule has 28 heavy (non-hydrogen) atoms. The molecule has 6 nitrogen and oxygen atoms in total. The maximum absolute atomic E-state index is 13.4. The van der Waals surface area contributed by atoms with Gasteiger partial charge in [0.1, 0.15) is 6.04 Å². The number of nitrogens with one attached hydrogen (secondary N) is 1. The smallest absolute Gasteiger partial charge is 0.331 e. The number of nitrogens with zero attached hydrogens (tertiary/aromatic N) is 1. The molecule has 0 unspecified atom stereocenters. The highest BCUT2D eigenvalue weighted by molar-refractivity contribution is 7.91. The second-order valence-corrected chi connectivity index (χ2v) is 9.08. The molecule has 0 aliphatic carbocycles. The molecule has 148 valence electrons. The second kappa shape index (κ2) is 7.89. The minimum atomic E-state index is -3.98. The first-order chi connectivity index (χ1) is 13.2. The van der Waals surface area contributed by atoms with Crippen molar-refractivity contribution in [3.63, 3.8) is 0 Å². The molecule has 2 atom stereocenters. The number of benzene rings is 2. The number of rotatable bonds is 5. The fourth-order valence-corrected chi connectivity index (χ4v) is 5.15. The SMILES string of the molecule is Cc1ccc(S(=O)(=O)N2C(=S)N[C@@H](C(=O)OC(C)C)[C@@H]2c2ccccc2)cc1. The number of sulfonamides is 1. The highest BCUT2D eigenvalue weighted by Gasteiger charge is 2.49. The molecule has 0 aromatic heterocycles. The molecule has 0 amide bonds. The van der Waals surface area contributed by atoms with Crippen LogP contribution in [-0.4, -0.2) is 36.0 Å². The first kappa shape index (κ1) is 20.3. The van der Waals surface area contributed by atoms with E-state index in [1.165, 1.54) is 12.1 Å². The van der Waals surface area contributed by atoms with E-state index in [2.05, 4.69) is 5.32 Å². The quantitative estimate of drug-likeness (QED) is 0.594. The van der Waals surface area contributed by atoms with Gasteiger partial charge >= 0.3 is 5.97 Å². The van der Waals surface area contributed by atoms with Gasteiger partial charge in [0.05, 0.1) is 11.0 Å². The Labute approximate surface area is 170 Å². The molecule has 2 aromatic carbocycles. The molecule has 1 heterocycles. The zero-order chi connectivity index (χ0) is 20.5. The normalized spacial score (nSPS) is 19.6. The lowest BCUT2D eigenvalue weighted by atomic mass is 10.0. The highest BCUT2D eigenvalue weighted by atomic mass is 32.2. The molecule has 1 N–H and O–H groups in total. The van der Waals surface area contributed by atoms with Crippen molar-refractivity contribution >= 4 is 33.3 Å². The molecule has 1 fully saturated rings. The van der Waals surface area contributed by atoms with Crippen LogP contribution in [0.5, 0.6) is 0 Å². The van der Waals surface area contributed by atoms with Gasteiger partial charge in [-0.05, 0) is 50.7 Å². The average molecular weight is 419 g/mol. The Bertz CT molecular complexity index is 973. The van der Waals surface area contributed by atoms with Crippen LogP contribution in [0.4, 0.5) is 0 Å². The molecule has 0 saturated carbocycles. The maximum atomic E-state index is 13.4. The Balaban J connectivity index is 2.08. The lowest BCUT2D eigenvalue weighted by molar-refractivity contribution is -0.150. The molecule has 0 bridgehead atoms. The molecule has 0 spiro atoms. The summed E-state index contributed by atoms with van der Waals surface area (Å²) < 4.78 is 33.2. The monoisotopic (exact) mass is 418 g/mol. The average Bonchev–Trinajstić information content (AvgIpc) is 3.00. The minimum absolute atomic E-state index is 0.0277. The van der Waals surface area contributed by atoms with Gasteiger partial charge in [0.25, 0.3) is 10.0 Å². The van der Waals surface area contributed by atoms with Crippen molar-refractivity contribution < 1.29 is 17.9 Å². The summed E-state index contributed by atoms with van der Waals surface area (Å²) in [7, 11) is -3.98. The van der Waals surface area contributed by atoms with Crippen LogP contribution in [-0.2, 0) is 19.6 Å². The third kappa shape index (κ3) is 3.88. The van der Waals surface area contributed by atoms with Crippen LogP contribution < -0.4 is 5.32 Å². The predicted octanol–water partition coefficient (Wildman–Crippen LogP) is 2.94. The maximum Gasteiger partial charge on any atom is 0.331 e. The van der Waals surface area contributed by atoms with Crippen LogP contribution in [0.3, 0.4) is 0 Å². The van der Waals surface area contributed by atoms with E-state index in [1.807, 2.05) is 13.0 Å². The summed E-state index contributed by atoms with van der Waals surface area (Å²) in [5.41, 5.74) is 1.59. The van der Waals surface area contributed by atoms with Crippen molar-refractivity contribution in [3.05, 3.63) is 65.7 Å². The Morgan fingerprint density at radius 3 is 2.29 bits per heavy atom. The van der Waals surface area contributed by atoms with E-state index >= 15 is 0 Å².